The molecule has 0 spiro atoms. The van der Waals surface area contributed by atoms with Crippen LogP contribution in [0.5, 0.6) is 0 Å². The van der Waals surface area contributed by atoms with Crippen LogP contribution < -0.4 is 5.73 Å². The van der Waals surface area contributed by atoms with Gasteiger partial charge in [0.05, 0.1) is 0 Å². The summed E-state index contributed by atoms with van der Waals surface area (Å²) in [5.74, 6) is 2.98. The molecule has 74 valence electrons. The van der Waals surface area contributed by atoms with E-state index in [1.807, 2.05) is 0 Å². The molecule has 0 aromatic heterocycles. The Bertz CT molecular complexity index is 199. The van der Waals surface area contributed by atoms with Gasteiger partial charge in [0.2, 0.25) is 0 Å². The standard InChI is InChI=1S/C12H21N/c1-8(2)3-4-12(13)11-6-9-5-10(9)7-11/h9-12H,1,3-7,13H2,2H3. The van der Waals surface area contributed by atoms with Gasteiger partial charge in [0, 0.05) is 6.04 Å². The van der Waals surface area contributed by atoms with E-state index < -0.39 is 0 Å². The zero-order chi connectivity index (χ0) is 9.42. The van der Waals surface area contributed by atoms with Crippen LogP contribution in [0.3, 0.4) is 0 Å². The molecular formula is C12H21N. The van der Waals surface area contributed by atoms with Gasteiger partial charge in [0.15, 0.2) is 0 Å². The van der Waals surface area contributed by atoms with E-state index in [-0.39, 0.29) is 0 Å². The predicted octanol–water partition coefficient (Wildman–Crippen LogP) is 2.72. The van der Waals surface area contributed by atoms with Gasteiger partial charge >= 0.3 is 0 Å². The summed E-state index contributed by atoms with van der Waals surface area (Å²) < 4.78 is 0. The van der Waals surface area contributed by atoms with Crippen molar-refractivity contribution in [3.8, 4) is 0 Å². The second kappa shape index (κ2) is 3.45. The van der Waals surface area contributed by atoms with Crippen molar-refractivity contribution in [1.82, 2.24) is 0 Å². The Morgan fingerprint density at radius 1 is 1.38 bits per heavy atom. The number of rotatable bonds is 4. The molecule has 0 amide bonds. The van der Waals surface area contributed by atoms with Crippen LogP contribution in [0.2, 0.25) is 0 Å². The molecule has 2 N–H and O–H groups in total. The molecule has 2 fully saturated rings. The van der Waals surface area contributed by atoms with Crippen LogP contribution in [0.15, 0.2) is 12.2 Å². The van der Waals surface area contributed by atoms with Crippen LogP contribution >= 0.6 is 0 Å². The molecule has 1 heteroatoms. The molecule has 0 aliphatic heterocycles. The Balaban J connectivity index is 1.71. The summed E-state index contributed by atoms with van der Waals surface area (Å²) in [5.41, 5.74) is 7.45. The lowest BCUT2D eigenvalue weighted by Gasteiger charge is -2.20. The fraction of sp³-hybridized carbons (Fsp3) is 0.833. The molecule has 3 unspecified atom stereocenters. The molecule has 2 aliphatic carbocycles. The summed E-state index contributed by atoms with van der Waals surface area (Å²) in [6, 6.07) is 0.449. The number of hydrogen-bond acceptors (Lipinski definition) is 1. The molecule has 0 radical (unpaired) electrons. The first kappa shape index (κ1) is 9.26. The van der Waals surface area contributed by atoms with E-state index in [9.17, 15) is 0 Å². The number of hydrogen-bond donors (Lipinski definition) is 1. The van der Waals surface area contributed by atoms with E-state index in [0.717, 1.165) is 30.6 Å². The van der Waals surface area contributed by atoms with Gasteiger partial charge in [-0.05, 0) is 56.8 Å². The molecule has 2 rings (SSSR count). The van der Waals surface area contributed by atoms with Crippen molar-refractivity contribution in [2.45, 2.75) is 45.1 Å². The van der Waals surface area contributed by atoms with E-state index >= 15 is 0 Å². The molecule has 2 aliphatic rings. The quantitative estimate of drug-likeness (QED) is 0.660. The first-order chi connectivity index (χ1) is 6.16. The van der Waals surface area contributed by atoms with Crippen molar-refractivity contribution in [3.05, 3.63) is 12.2 Å². The van der Waals surface area contributed by atoms with E-state index in [1.165, 1.54) is 24.8 Å². The molecule has 0 aromatic carbocycles. The molecule has 2 saturated carbocycles. The molecular weight excluding hydrogens is 158 g/mol. The lowest BCUT2D eigenvalue weighted by molar-refractivity contribution is 0.377. The molecule has 13 heavy (non-hydrogen) atoms. The Hall–Kier alpha value is -0.300. The summed E-state index contributed by atoms with van der Waals surface area (Å²) in [6.45, 7) is 6.02. The fourth-order valence-corrected chi connectivity index (χ4v) is 2.76. The van der Waals surface area contributed by atoms with Gasteiger partial charge in [-0.1, -0.05) is 5.57 Å². The number of allylic oxidation sites excluding steroid dienone is 1. The van der Waals surface area contributed by atoms with Crippen LogP contribution in [0.4, 0.5) is 0 Å². The van der Waals surface area contributed by atoms with Crippen LogP contribution in [-0.2, 0) is 0 Å². The van der Waals surface area contributed by atoms with Crippen molar-refractivity contribution < 1.29 is 0 Å². The second-order valence-corrected chi connectivity index (χ2v) is 5.15. The summed E-state index contributed by atoms with van der Waals surface area (Å²) >= 11 is 0. The average molecular weight is 179 g/mol. The van der Waals surface area contributed by atoms with Gasteiger partial charge < -0.3 is 5.73 Å². The van der Waals surface area contributed by atoms with E-state index in [1.54, 1.807) is 0 Å². The molecule has 3 atom stereocenters. The largest absolute Gasteiger partial charge is 0.327 e. The maximum atomic E-state index is 6.17. The van der Waals surface area contributed by atoms with Crippen molar-refractivity contribution in [1.29, 1.82) is 0 Å². The van der Waals surface area contributed by atoms with Gasteiger partial charge in [-0.3, -0.25) is 0 Å². The van der Waals surface area contributed by atoms with Gasteiger partial charge in [0.1, 0.15) is 0 Å². The van der Waals surface area contributed by atoms with E-state index in [0.29, 0.717) is 6.04 Å². The zero-order valence-electron chi connectivity index (χ0n) is 8.63. The first-order valence-electron chi connectivity index (χ1n) is 5.56. The van der Waals surface area contributed by atoms with Crippen molar-refractivity contribution in [2.75, 3.05) is 0 Å². The fourth-order valence-electron chi connectivity index (χ4n) is 2.76. The minimum absolute atomic E-state index is 0.449. The van der Waals surface area contributed by atoms with Crippen molar-refractivity contribution >= 4 is 0 Å². The Morgan fingerprint density at radius 2 is 2.00 bits per heavy atom. The lowest BCUT2D eigenvalue weighted by atomic mass is 9.91. The van der Waals surface area contributed by atoms with Crippen molar-refractivity contribution in [3.63, 3.8) is 0 Å². The van der Waals surface area contributed by atoms with Gasteiger partial charge in [0.25, 0.3) is 0 Å². The molecule has 0 bridgehead atoms. The van der Waals surface area contributed by atoms with Crippen LogP contribution in [-0.4, -0.2) is 6.04 Å². The minimum atomic E-state index is 0.449. The summed E-state index contributed by atoms with van der Waals surface area (Å²) in [6.07, 6.45) is 6.61. The monoisotopic (exact) mass is 179 g/mol. The summed E-state index contributed by atoms with van der Waals surface area (Å²) in [4.78, 5) is 0. The highest BCUT2D eigenvalue weighted by atomic mass is 14.7. The third-order valence-electron chi connectivity index (χ3n) is 3.79. The molecule has 0 saturated heterocycles. The Labute approximate surface area is 81.4 Å². The van der Waals surface area contributed by atoms with E-state index in [2.05, 4.69) is 13.5 Å². The van der Waals surface area contributed by atoms with Gasteiger partial charge in [-0.15, -0.1) is 6.58 Å². The SMILES string of the molecule is C=C(C)CCC(N)C1CC2CC2C1. The van der Waals surface area contributed by atoms with Crippen LogP contribution in [0.1, 0.15) is 39.0 Å². The number of fused-ring (bicyclic) bond motifs is 1. The molecule has 0 heterocycles. The highest BCUT2D eigenvalue weighted by molar-refractivity contribution is 4.99. The smallest absolute Gasteiger partial charge is 0.00704 e. The maximum Gasteiger partial charge on any atom is 0.00704 e. The summed E-state index contributed by atoms with van der Waals surface area (Å²) in [5, 5.41) is 0. The zero-order valence-corrected chi connectivity index (χ0v) is 8.63. The van der Waals surface area contributed by atoms with Gasteiger partial charge in [-0.2, -0.15) is 0 Å². The predicted molar refractivity (Wildman–Crippen MR) is 56.3 cm³/mol. The topological polar surface area (TPSA) is 26.0 Å². The third-order valence-corrected chi connectivity index (χ3v) is 3.79. The van der Waals surface area contributed by atoms with Gasteiger partial charge in [-0.25, -0.2) is 0 Å². The third kappa shape index (κ3) is 2.14. The number of nitrogens with two attached hydrogens (primary N) is 1. The average Bonchev–Trinajstić information content (AvgIpc) is 2.69. The molecule has 1 nitrogen and oxygen atoms in total. The van der Waals surface area contributed by atoms with E-state index in [4.69, 9.17) is 5.73 Å². The van der Waals surface area contributed by atoms with Crippen LogP contribution in [0.25, 0.3) is 0 Å². The Morgan fingerprint density at radius 3 is 2.54 bits per heavy atom. The maximum absolute atomic E-state index is 6.17. The molecule has 0 aromatic rings. The normalized spacial score (nSPS) is 38.5. The summed E-state index contributed by atoms with van der Waals surface area (Å²) in [7, 11) is 0. The Kier molecular flexibility index (Phi) is 2.46. The van der Waals surface area contributed by atoms with Crippen molar-refractivity contribution in [2.24, 2.45) is 23.5 Å². The first-order valence-corrected chi connectivity index (χ1v) is 5.56. The lowest BCUT2D eigenvalue weighted by Crippen LogP contribution is -2.29. The highest BCUT2D eigenvalue weighted by Gasteiger charge is 2.46. The van der Waals surface area contributed by atoms with Crippen LogP contribution in [0, 0.1) is 17.8 Å². The highest BCUT2D eigenvalue weighted by Crippen LogP contribution is 2.55. The second-order valence-electron chi connectivity index (χ2n) is 5.15. The minimum Gasteiger partial charge on any atom is -0.327 e.